The fraction of sp³-hybridized carbons (Fsp3) is 0.556. The van der Waals surface area contributed by atoms with Gasteiger partial charge in [-0.1, -0.05) is 19.9 Å². The van der Waals surface area contributed by atoms with Crippen molar-refractivity contribution < 1.29 is 14.3 Å². The van der Waals surface area contributed by atoms with E-state index in [4.69, 9.17) is 10.5 Å². The largest absolute Gasteiger partial charge is 0.378 e. The lowest BCUT2D eigenvalue weighted by Gasteiger charge is -2.57. The topological polar surface area (TPSA) is 84.7 Å². The van der Waals surface area contributed by atoms with Crippen molar-refractivity contribution in [2.45, 2.75) is 38.8 Å². The van der Waals surface area contributed by atoms with Gasteiger partial charge in [0.25, 0.3) is 5.91 Å². The van der Waals surface area contributed by atoms with E-state index in [1.165, 1.54) is 4.90 Å². The van der Waals surface area contributed by atoms with Crippen LogP contribution >= 0.6 is 0 Å². The van der Waals surface area contributed by atoms with Crippen LogP contribution in [0.2, 0.25) is 0 Å². The van der Waals surface area contributed by atoms with E-state index in [-0.39, 0.29) is 17.9 Å². The van der Waals surface area contributed by atoms with Crippen LogP contribution in [0.25, 0.3) is 0 Å². The molecule has 2 amide bonds. The molecule has 1 aliphatic rings. The number of anilines is 1. The monoisotopic (exact) mass is 333 g/mol. The first-order valence-electron chi connectivity index (χ1n) is 8.17. The van der Waals surface area contributed by atoms with Crippen molar-refractivity contribution in [1.82, 2.24) is 4.90 Å². The Bertz CT molecular complexity index is 642. The van der Waals surface area contributed by atoms with Gasteiger partial charge in [0.1, 0.15) is 5.54 Å². The lowest BCUT2D eigenvalue weighted by atomic mass is 9.54. The first kappa shape index (κ1) is 18.4. The number of hydrogen-bond acceptors (Lipinski definition) is 4. The molecule has 24 heavy (non-hydrogen) atoms. The molecular formula is C18H27N3O3. The lowest BCUT2D eigenvalue weighted by molar-refractivity contribution is -0.166. The van der Waals surface area contributed by atoms with Crippen LogP contribution in [0.5, 0.6) is 0 Å². The number of nitrogens with two attached hydrogens (primary N) is 1. The van der Waals surface area contributed by atoms with Gasteiger partial charge in [-0.25, -0.2) is 0 Å². The first-order chi connectivity index (χ1) is 11.1. The van der Waals surface area contributed by atoms with E-state index in [2.05, 4.69) is 5.32 Å². The van der Waals surface area contributed by atoms with Crippen LogP contribution in [-0.4, -0.2) is 49.1 Å². The van der Waals surface area contributed by atoms with Gasteiger partial charge in [-0.15, -0.1) is 0 Å². The summed E-state index contributed by atoms with van der Waals surface area (Å²) >= 11 is 0. The SMILES string of the molecule is CCOC1CC(N)(C(=O)Nc2cccc(C(=O)N(C)C)c2)C1(C)C. The Labute approximate surface area is 143 Å². The van der Waals surface area contributed by atoms with Gasteiger partial charge in [-0.05, 0) is 25.1 Å². The molecule has 3 N–H and O–H groups in total. The molecule has 6 heteroatoms. The molecule has 1 fully saturated rings. The Morgan fingerprint density at radius 1 is 1.38 bits per heavy atom. The quantitative estimate of drug-likeness (QED) is 0.861. The zero-order chi connectivity index (χ0) is 18.1. The minimum Gasteiger partial charge on any atom is -0.378 e. The van der Waals surface area contributed by atoms with E-state index in [1.54, 1.807) is 38.4 Å². The summed E-state index contributed by atoms with van der Waals surface area (Å²) in [5, 5.41) is 2.85. The molecule has 1 saturated carbocycles. The molecule has 2 rings (SSSR count). The summed E-state index contributed by atoms with van der Waals surface area (Å²) in [6.07, 6.45) is 0.454. The van der Waals surface area contributed by atoms with Crippen LogP contribution < -0.4 is 11.1 Å². The lowest BCUT2D eigenvalue weighted by Crippen LogP contribution is -2.74. The van der Waals surface area contributed by atoms with Crippen LogP contribution in [0.15, 0.2) is 24.3 Å². The zero-order valence-corrected chi connectivity index (χ0v) is 15.1. The molecule has 0 aliphatic heterocycles. The van der Waals surface area contributed by atoms with Gasteiger partial charge in [0.15, 0.2) is 0 Å². The third-order valence-corrected chi connectivity index (χ3v) is 5.01. The van der Waals surface area contributed by atoms with E-state index >= 15 is 0 Å². The molecule has 132 valence electrons. The van der Waals surface area contributed by atoms with Gasteiger partial charge in [0, 0.05) is 43.8 Å². The number of ether oxygens (including phenoxy) is 1. The predicted molar refractivity (Wildman–Crippen MR) is 93.8 cm³/mol. The molecule has 0 bridgehead atoms. The number of carbonyl (C=O) groups excluding carboxylic acids is 2. The average molecular weight is 333 g/mol. The Morgan fingerprint density at radius 3 is 2.58 bits per heavy atom. The molecule has 0 radical (unpaired) electrons. The molecule has 0 saturated heterocycles. The molecule has 1 aromatic carbocycles. The fourth-order valence-corrected chi connectivity index (χ4v) is 3.05. The van der Waals surface area contributed by atoms with Crippen molar-refractivity contribution in [3.63, 3.8) is 0 Å². The number of nitrogens with one attached hydrogen (secondary N) is 1. The van der Waals surface area contributed by atoms with Crippen LogP contribution in [0.1, 0.15) is 37.6 Å². The Balaban J connectivity index is 2.13. The van der Waals surface area contributed by atoms with Crippen molar-refractivity contribution >= 4 is 17.5 Å². The van der Waals surface area contributed by atoms with E-state index in [0.717, 1.165) is 0 Å². The Morgan fingerprint density at radius 2 is 2.04 bits per heavy atom. The number of amides is 2. The molecule has 0 heterocycles. The summed E-state index contributed by atoms with van der Waals surface area (Å²) in [5.74, 6) is -0.369. The molecule has 0 spiro atoms. The van der Waals surface area contributed by atoms with Crippen LogP contribution in [0.4, 0.5) is 5.69 Å². The second-order valence-corrected chi connectivity index (χ2v) is 7.08. The highest BCUT2D eigenvalue weighted by Gasteiger charge is 2.62. The average Bonchev–Trinajstić information content (AvgIpc) is 2.53. The summed E-state index contributed by atoms with van der Waals surface area (Å²) in [7, 11) is 3.38. The van der Waals surface area contributed by atoms with Gasteiger partial charge in [-0.2, -0.15) is 0 Å². The van der Waals surface area contributed by atoms with Crippen molar-refractivity contribution in [2.24, 2.45) is 11.1 Å². The van der Waals surface area contributed by atoms with Gasteiger partial charge < -0.3 is 20.7 Å². The highest BCUT2D eigenvalue weighted by Crippen LogP contribution is 2.50. The Kier molecular flexibility index (Phi) is 5.01. The van der Waals surface area contributed by atoms with Crippen LogP contribution in [0, 0.1) is 5.41 Å². The van der Waals surface area contributed by atoms with E-state index in [9.17, 15) is 9.59 Å². The molecule has 2 atom stereocenters. The standard InChI is InChI=1S/C18H27N3O3/c1-6-24-14-11-18(19,17(14,2)3)16(23)20-13-9-7-8-12(10-13)15(22)21(4)5/h7-10,14H,6,11,19H2,1-5H3,(H,20,23). The normalized spacial score (nSPS) is 24.8. The van der Waals surface area contributed by atoms with E-state index < -0.39 is 11.0 Å². The van der Waals surface area contributed by atoms with Gasteiger partial charge in [0.05, 0.1) is 6.10 Å². The number of benzene rings is 1. The second kappa shape index (κ2) is 6.53. The molecule has 0 aromatic heterocycles. The van der Waals surface area contributed by atoms with Gasteiger partial charge >= 0.3 is 0 Å². The summed E-state index contributed by atoms with van der Waals surface area (Å²) < 4.78 is 5.66. The maximum absolute atomic E-state index is 12.7. The summed E-state index contributed by atoms with van der Waals surface area (Å²) in [6, 6.07) is 6.87. The summed E-state index contributed by atoms with van der Waals surface area (Å²) in [5.41, 5.74) is 6.01. The zero-order valence-electron chi connectivity index (χ0n) is 15.1. The smallest absolute Gasteiger partial charge is 0.253 e. The van der Waals surface area contributed by atoms with E-state index in [1.807, 2.05) is 20.8 Å². The minimum absolute atomic E-state index is 0.0279. The van der Waals surface area contributed by atoms with Crippen LogP contribution in [0.3, 0.4) is 0 Å². The minimum atomic E-state index is -0.992. The highest BCUT2D eigenvalue weighted by atomic mass is 16.5. The number of carbonyl (C=O) groups is 2. The maximum atomic E-state index is 12.7. The van der Waals surface area contributed by atoms with Crippen molar-refractivity contribution in [3.05, 3.63) is 29.8 Å². The summed E-state index contributed by atoms with van der Waals surface area (Å²) in [6.45, 7) is 6.42. The van der Waals surface area contributed by atoms with E-state index in [0.29, 0.717) is 24.3 Å². The number of hydrogen-bond donors (Lipinski definition) is 2. The Hall–Kier alpha value is -1.92. The molecule has 1 aliphatic carbocycles. The van der Waals surface area contributed by atoms with Gasteiger partial charge in [0.2, 0.25) is 5.91 Å². The molecule has 6 nitrogen and oxygen atoms in total. The third kappa shape index (κ3) is 3.03. The fourth-order valence-electron chi connectivity index (χ4n) is 3.05. The highest BCUT2D eigenvalue weighted by molar-refractivity contribution is 6.01. The first-order valence-corrected chi connectivity index (χ1v) is 8.17. The number of nitrogens with zero attached hydrogens (tertiary/aromatic N) is 1. The second-order valence-electron chi connectivity index (χ2n) is 7.08. The van der Waals surface area contributed by atoms with Crippen molar-refractivity contribution in [2.75, 3.05) is 26.0 Å². The predicted octanol–water partition coefficient (Wildman–Crippen LogP) is 1.86. The number of rotatable bonds is 5. The van der Waals surface area contributed by atoms with Crippen LogP contribution in [-0.2, 0) is 9.53 Å². The molecule has 2 unspecified atom stereocenters. The van der Waals surface area contributed by atoms with Crippen molar-refractivity contribution in [1.29, 1.82) is 0 Å². The molecule has 1 aromatic rings. The van der Waals surface area contributed by atoms with Crippen molar-refractivity contribution in [3.8, 4) is 0 Å². The summed E-state index contributed by atoms with van der Waals surface area (Å²) in [4.78, 5) is 26.2. The molecular weight excluding hydrogens is 306 g/mol. The van der Waals surface area contributed by atoms with Gasteiger partial charge in [-0.3, -0.25) is 9.59 Å². The maximum Gasteiger partial charge on any atom is 0.253 e. The third-order valence-electron chi connectivity index (χ3n) is 5.01.